The number of halogens is 2. The van der Waals surface area contributed by atoms with E-state index in [9.17, 15) is 18.7 Å². The maximum Gasteiger partial charge on any atom is 0.277 e. The van der Waals surface area contributed by atoms with Crippen molar-refractivity contribution in [3.05, 3.63) is 59.6 Å². The van der Waals surface area contributed by atoms with Gasteiger partial charge in [-0.05, 0) is 60.3 Å². The fraction of sp³-hybridized carbons (Fsp3) is 0.400. The van der Waals surface area contributed by atoms with Gasteiger partial charge < -0.3 is 16.2 Å². The van der Waals surface area contributed by atoms with Gasteiger partial charge in [0.15, 0.2) is 5.69 Å². The second kappa shape index (κ2) is 9.76. The van der Waals surface area contributed by atoms with E-state index in [0.29, 0.717) is 23.9 Å². The molecule has 0 aliphatic heterocycles. The summed E-state index contributed by atoms with van der Waals surface area (Å²) in [5.74, 6) is -1.17. The Balaban J connectivity index is 1.59. The highest BCUT2D eigenvalue weighted by Gasteiger charge is 2.37. The van der Waals surface area contributed by atoms with Gasteiger partial charge in [-0.25, -0.2) is 13.8 Å². The van der Waals surface area contributed by atoms with Gasteiger partial charge in [0, 0.05) is 6.20 Å². The summed E-state index contributed by atoms with van der Waals surface area (Å²) in [6.07, 6.45) is 4.25. The van der Waals surface area contributed by atoms with Crippen molar-refractivity contribution in [1.29, 1.82) is 0 Å². The van der Waals surface area contributed by atoms with Crippen molar-refractivity contribution in [3.63, 3.8) is 0 Å². The number of nitrogens with one attached hydrogen (secondary N) is 1. The molecule has 0 saturated heterocycles. The molecule has 1 aliphatic carbocycles. The topological polar surface area (TPSA) is 101 Å². The fourth-order valence-electron chi connectivity index (χ4n) is 5.24. The van der Waals surface area contributed by atoms with Crippen molar-refractivity contribution in [2.75, 3.05) is 11.1 Å². The number of nitrogen functional groups attached to an aromatic ring is 1. The van der Waals surface area contributed by atoms with Crippen LogP contribution in [0.4, 0.5) is 19.5 Å². The first-order valence-electron chi connectivity index (χ1n) is 11.3. The summed E-state index contributed by atoms with van der Waals surface area (Å²) in [5.41, 5.74) is 6.96. The molecular weight excluding hydrogens is 458 g/mol. The average Bonchev–Trinajstić information content (AvgIpc) is 3.14. The molecular formula is C25H28F2N4O2S. The van der Waals surface area contributed by atoms with Crippen LogP contribution in [-0.2, 0) is 0 Å². The van der Waals surface area contributed by atoms with Crippen molar-refractivity contribution in [1.82, 2.24) is 9.97 Å². The molecule has 1 saturated carbocycles. The zero-order chi connectivity index (χ0) is 24.6. The summed E-state index contributed by atoms with van der Waals surface area (Å²) in [5, 5.41) is 13.7. The van der Waals surface area contributed by atoms with Crippen LogP contribution in [-0.4, -0.2) is 27.1 Å². The standard InChI is InChI=1S/C25H28F2N4O2S/c1-12(2)20-13(3)9-14(10-19(20)32)15-7-8-29-11-18(15)30-24(33)22-23(28)34-25(31-22)21-16(26)5-4-6-17(21)27/h4-8,11-14,19-20,32H,9-10,28H2,1-3H3,(H,30,33). The average molecular weight is 487 g/mol. The lowest BCUT2D eigenvalue weighted by atomic mass is 9.67. The van der Waals surface area contributed by atoms with Gasteiger partial charge in [-0.2, -0.15) is 0 Å². The number of nitrogens with two attached hydrogens (primary N) is 1. The smallest absolute Gasteiger partial charge is 0.277 e. The summed E-state index contributed by atoms with van der Waals surface area (Å²) in [6, 6.07) is 5.36. The Morgan fingerprint density at radius 2 is 1.94 bits per heavy atom. The van der Waals surface area contributed by atoms with Gasteiger partial charge in [0.05, 0.1) is 23.6 Å². The number of aliphatic hydroxyl groups is 1. The molecule has 4 rings (SSSR count). The van der Waals surface area contributed by atoms with Gasteiger partial charge in [0.25, 0.3) is 5.91 Å². The molecule has 1 aromatic carbocycles. The number of aliphatic hydroxyl groups excluding tert-OH is 1. The molecule has 2 heterocycles. The van der Waals surface area contributed by atoms with E-state index in [4.69, 9.17) is 5.73 Å². The first-order valence-corrected chi connectivity index (χ1v) is 12.1. The molecule has 3 aromatic rings. The summed E-state index contributed by atoms with van der Waals surface area (Å²) in [4.78, 5) is 21.3. The van der Waals surface area contributed by atoms with Crippen molar-refractivity contribution < 1.29 is 18.7 Å². The van der Waals surface area contributed by atoms with E-state index in [1.807, 2.05) is 6.07 Å². The summed E-state index contributed by atoms with van der Waals surface area (Å²) >= 11 is 0.848. The van der Waals surface area contributed by atoms with Crippen LogP contribution in [0, 0.1) is 29.4 Å². The van der Waals surface area contributed by atoms with E-state index in [-0.39, 0.29) is 33.1 Å². The second-order valence-electron chi connectivity index (χ2n) is 9.28. The Labute approximate surface area is 201 Å². The maximum absolute atomic E-state index is 14.2. The molecule has 0 bridgehead atoms. The van der Waals surface area contributed by atoms with Gasteiger partial charge in [-0.15, -0.1) is 0 Å². The van der Waals surface area contributed by atoms with E-state index in [2.05, 4.69) is 36.1 Å². The van der Waals surface area contributed by atoms with E-state index >= 15 is 0 Å². The lowest BCUT2D eigenvalue weighted by Crippen LogP contribution is -2.37. The van der Waals surface area contributed by atoms with Crippen molar-refractivity contribution >= 4 is 27.9 Å². The summed E-state index contributed by atoms with van der Waals surface area (Å²) in [7, 11) is 0. The normalized spacial score (nSPS) is 22.7. The Kier molecular flexibility index (Phi) is 6.95. The van der Waals surface area contributed by atoms with Crippen LogP contribution < -0.4 is 11.1 Å². The second-order valence-corrected chi connectivity index (χ2v) is 10.3. The number of amides is 1. The van der Waals surface area contributed by atoms with Crippen LogP contribution in [0.25, 0.3) is 10.6 Å². The maximum atomic E-state index is 14.2. The number of benzene rings is 1. The molecule has 6 nitrogen and oxygen atoms in total. The lowest BCUT2D eigenvalue weighted by molar-refractivity contribution is 0.00428. The molecule has 0 spiro atoms. The third-order valence-corrected chi connectivity index (χ3v) is 7.54. The predicted octanol–water partition coefficient (Wildman–Crippen LogP) is 5.46. The van der Waals surface area contributed by atoms with Crippen LogP contribution in [0.15, 0.2) is 36.7 Å². The zero-order valence-electron chi connectivity index (χ0n) is 19.3. The first-order chi connectivity index (χ1) is 16.2. The summed E-state index contributed by atoms with van der Waals surface area (Å²) in [6.45, 7) is 6.41. The number of pyridine rings is 1. The highest BCUT2D eigenvalue weighted by molar-refractivity contribution is 7.19. The number of carbonyl (C=O) groups excluding carboxylic acids is 1. The SMILES string of the molecule is CC(C)C1C(C)CC(c2ccncc2NC(=O)c2nc(-c3c(F)cccc3F)sc2N)CC1O. The van der Waals surface area contributed by atoms with E-state index in [1.54, 1.807) is 12.4 Å². The number of rotatable bonds is 5. The van der Waals surface area contributed by atoms with Crippen LogP contribution in [0.2, 0.25) is 0 Å². The Morgan fingerprint density at radius 3 is 2.59 bits per heavy atom. The molecule has 2 aromatic heterocycles. The molecule has 0 radical (unpaired) electrons. The van der Waals surface area contributed by atoms with Gasteiger partial charge in [0.1, 0.15) is 21.6 Å². The van der Waals surface area contributed by atoms with Crippen LogP contribution in [0.1, 0.15) is 55.6 Å². The number of aromatic nitrogens is 2. The molecule has 1 fully saturated rings. The largest absolute Gasteiger partial charge is 0.393 e. The Bertz CT molecular complexity index is 1170. The first kappa shape index (κ1) is 24.2. The van der Waals surface area contributed by atoms with Crippen LogP contribution in [0.5, 0.6) is 0 Å². The Hall–Kier alpha value is -2.91. The third kappa shape index (κ3) is 4.67. The van der Waals surface area contributed by atoms with Gasteiger partial charge >= 0.3 is 0 Å². The zero-order valence-corrected chi connectivity index (χ0v) is 20.1. The molecule has 4 unspecified atom stereocenters. The number of anilines is 2. The molecule has 180 valence electrons. The van der Waals surface area contributed by atoms with Gasteiger partial charge in [-0.1, -0.05) is 38.2 Å². The van der Waals surface area contributed by atoms with E-state index < -0.39 is 23.6 Å². The predicted molar refractivity (Wildman–Crippen MR) is 130 cm³/mol. The summed E-state index contributed by atoms with van der Waals surface area (Å²) < 4.78 is 28.4. The van der Waals surface area contributed by atoms with Gasteiger partial charge in [0.2, 0.25) is 0 Å². The van der Waals surface area contributed by atoms with Crippen molar-refractivity contribution in [3.8, 4) is 10.6 Å². The number of carbonyl (C=O) groups is 1. The lowest BCUT2D eigenvalue weighted by Gasteiger charge is -2.41. The number of hydrogen-bond acceptors (Lipinski definition) is 6. The van der Waals surface area contributed by atoms with Crippen molar-refractivity contribution in [2.45, 2.75) is 45.6 Å². The molecule has 1 aliphatic rings. The molecule has 4 atom stereocenters. The molecule has 4 N–H and O–H groups in total. The quantitative estimate of drug-likeness (QED) is 0.444. The monoisotopic (exact) mass is 486 g/mol. The number of hydrogen-bond donors (Lipinski definition) is 3. The van der Waals surface area contributed by atoms with E-state index in [1.165, 1.54) is 6.07 Å². The minimum absolute atomic E-state index is 0.00591. The minimum Gasteiger partial charge on any atom is -0.393 e. The Morgan fingerprint density at radius 1 is 1.24 bits per heavy atom. The third-order valence-electron chi connectivity index (χ3n) is 6.64. The molecule has 1 amide bonds. The fourth-order valence-corrected chi connectivity index (χ4v) is 6.11. The van der Waals surface area contributed by atoms with Gasteiger partial charge in [-0.3, -0.25) is 9.78 Å². The minimum atomic E-state index is -0.778. The highest BCUT2D eigenvalue weighted by atomic mass is 32.1. The van der Waals surface area contributed by atoms with Crippen LogP contribution >= 0.6 is 11.3 Å². The van der Waals surface area contributed by atoms with Crippen LogP contribution in [0.3, 0.4) is 0 Å². The van der Waals surface area contributed by atoms with Crippen molar-refractivity contribution in [2.24, 2.45) is 17.8 Å². The molecule has 9 heteroatoms. The number of thiazole rings is 1. The van der Waals surface area contributed by atoms with E-state index in [0.717, 1.165) is 35.5 Å². The number of nitrogens with zero attached hydrogens (tertiary/aromatic N) is 2. The highest BCUT2D eigenvalue weighted by Crippen LogP contribution is 2.44. The molecule has 34 heavy (non-hydrogen) atoms.